The predicted octanol–water partition coefficient (Wildman–Crippen LogP) is 5.94. The molecule has 2 aromatic carbocycles. The van der Waals surface area contributed by atoms with E-state index in [1.165, 1.54) is 11.1 Å². The lowest BCUT2D eigenvalue weighted by Crippen LogP contribution is -2.39. The van der Waals surface area contributed by atoms with Crippen molar-refractivity contribution in [1.29, 1.82) is 0 Å². The smallest absolute Gasteiger partial charge is 0.199 e. The molecular weight excluding hydrogens is 474 g/mol. The van der Waals surface area contributed by atoms with Gasteiger partial charge < -0.3 is 14.2 Å². The molecule has 5 rings (SSSR count). The molecule has 0 bridgehead atoms. The van der Waals surface area contributed by atoms with E-state index < -0.39 is 5.41 Å². The van der Waals surface area contributed by atoms with E-state index in [0.717, 1.165) is 18.7 Å². The molecule has 0 saturated carbocycles. The number of hydrogen-bond donors (Lipinski definition) is 0. The Hall–Kier alpha value is -3.15. The Bertz CT molecular complexity index is 1140. The maximum atomic E-state index is 6.64. The van der Waals surface area contributed by atoms with Crippen molar-refractivity contribution >= 4 is 17.7 Å². The van der Waals surface area contributed by atoms with Crippen molar-refractivity contribution < 1.29 is 14.2 Å². The fourth-order valence-corrected chi connectivity index (χ4v) is 5.31. The Morgan fingerprint density at radius 3 is 1.71 bits per heavy atom. The molecule has 202 valence electrons. The first kappa shape index (κ1) is 26.5. The third-order valence-corrected chi connectivity index (χ3v) is 7.93. The van der Waals surface area contributed by atoms with Gasteiger partial charge in [0.15, 0.2) is 17.7 Å². The first-order chi connectivity index (χ1) is 18.3. The van der Waals surface area contributed by atoms with Crippen LogP contribution in [0.3, 0.4) is 0 Å². The third kappa shape index (κ3) is 5.79. The van der Waals surface area contributed by atoms with Gasteiger partial charge in [-0.3, -0.25) is 0 Å². The zero-order valence-corrected chi connectivity index (χ0v) is 23.3. The molecule has 2 aromatic rings. The topological polar surface area (TPSA) is 64.8 Å². The van der Waals surface area contributed by atoms with E-state index in [4.69, 9.17) is 29.2 Å². The van der Waals surface area contributed by atoms with Crippen molar-refractivity contribution in [2.75, 3.05) is 13.2 Å². The lowest BCUT2D eigenvalue weighted by Gasteiger charge is -2.28. The van der Waals surface area contributed by atoms with Crippen molar-refractivity contribution in [3.05, 3.63) is 71.8 Å². The van der Waals surface area contributed by atoms with Gasteiger partial charge in [0.1, 0.15) is 24.7 Å². The van der Waals surface area contributed by atoms with Crippen molar-refractivity contribution in [2.45, 2.75) is 78.1 Å². The maximum Gasteiger partial charge on any atom is 0.199 e. The highest BCUT2D eigenvalue weighted by atomic mass is 16.5. The maximum absolute atomic E-state index is 6.64. The molecule has 0 unspecified atom stereocenters. The van der Waals surface area contributed by atoms with Crippen LogP contribution in [0.15, 0.2) is 75.6 Å². The predicted molar refractivity (Wildman–Crippen MR) is 153 cm³/mol. The molecule has 4 atom stereocenters. The van der Waals surface area contributed by atoms with Gasteiger partial charge in [-0.1, -0.05) is 88.4 Å². The summed E-state index contributed by atoms with van der Waals surface area (Å²) in [6, 6.07) is 21.4. The summed E-state index contributed by atoms with van der Waals surface area (Å²) >= 11 is 0. The minimum atomic E-state index is -0.662. The first-order valence-corrected chi connectivity index (χ1v) is 14.0. The molecule has 3 heterocycles. The number of benzene rings is 2. The summed E-state index contributed by atoms with van der Waals surface area (Å²) in [4.78, 5) is 15.2. The zero-order valence-electron chi connectivity index (χ0n) is 23.3. The molecule has 0 spiro atoms. The van der Waals surface area contributed by atoms with Gasteiger partial charge in [0.25, 0.3) is 0 Å². The Morgan fingerprint density at radius 2 is 1.24 bits per heavy atom. The van der Waals surface area contributed by atoms with Gasteiger partial charge in [0.2, 0.25) is 0 Å². The van der Waals surface area contributed by atoms with Gasteiger partial charge in [-0.2, -0.15) is 0 Å². The van der Waals surface area contributed by atoms with Crippen LogP contribution in [0.2, 0.25) is 0 Å². The summed E-state index contributed by atoms with van der Waals surface area (Å²) in [5, 5.41) is 0. The molecular formula is C32H41N3O3. The van der Waals surface area contributed by atoms with Crippen LogP contribution >= 0.6 is 0 Å². The normalized spacial score (nSPS) is 25.1. The van der Waals surface area contributed by atoms with Crippen LogP contribution in [-0.4, -0.2) is 55.1 Å². The van der Waals surface area contributed by atoms with Crippen molar-refractivity contribution in [3.8, 4) is 0 Å². The monoisotopic (exact) mass is 515 g/mol. The van der Waals surface area contributed by atoms with Crippen molar-refractivity contribution in [3.63, 3.8) is 0 Å². The average molecular weight is 516 g/mol. The summed E-state index contributed by atoms with van der Waals surface area (Å²) < 4.78 is 19.1. The third-order valence-electron chi connectivity index (χ3n) is 7.93. The van der Waals surface area contributed by atoms with Crippen LogP contribution in [0.25, 0.3) is 0 Å². The summed E-state index contributed by atoms with van der Waals surface area (Å²) in [6.45, 7) is 12.0. The van der Waals surface area contributed by atoms with Gasteiger partial charge in [-0.25, -0.2) is 15.0 Å². The number of aliphatic imine (C=N–C) groups is 3. The molecule has 0 N–H and O–H groups in total. The summed E-state index contributed by atoms with van der Waals surface area (Å²) in [7, 11) is 0. The number of hydrogen-bond acceptors (Lipinski definition) is 6. The Morgan fingerprint density at radius 1 is 0.737 bits per heavy atom. The van der Waals surface area contributed by atoms with Crippen LogP contribution in [0.1, 0.15) is 52.2 Å². The Kier molecular flexibility index (Phi) is 7.87. The highest BCUT2D eigenvalue weighted by Crippen LogP contribution is 2.37. The van der Waals surface area contributed by atoms with Crippen LogP contribution in [0.5, 0.6) is 0 Å². The fourth-order valence-electron chi connectivity index (χ4n) is 5.31. The number of ether oxygens (including phenoxy) is 3. The summed E-state index contributed by atoms with van der Waals surface area (Å²) in [5.74, 6) is 2.91. The molecule has 0 saturated heterocycles. The Labute approximate surface area is 227 Å². The lowest BCUT2D eigenvalue weighted by molar-refractivity contribution is 0.181. The second kappa shape index (κ2) is 11.3. The quantitative estimate of drug-likeness (QED) is 0.393. The average Bonchev–Trinajstić information content (AvgIpc) is 3.66. The minimum absolute atomic E-state index is 0.0292. The van der Waals surface area contributed by atoms with Crippen LogP contribution < -0.4 is 0 Å². The highest BCUT2D eigenvalue weighted by molar-refractivity contribution is 6.08. The molecule has 3 aliphatic heterocycles. The molecule has 6 nitrogen and oxygen atoms in total. The molecule has 0 fully saturated rings. The van der Waals surface area contributed by atoms with Crippen molar-refractivity contribution in [2.24, 2.45) is 32.2 Å². The van der Waals surface area contributed by atoms with Crippen LogP contribution in [0.4, 0.5) is 0 Å². The van der Waals surface area contributed by atoms with Gasteiger partial charge in [-0.05, 0) is 36.3 Å². The zero-order chi connectivity index (χ0) is 26.7. The summed E-state index contributed by atoms with van der Waals surface area (Å²) in [5.41, 5.74) is 1.85. The van der Waals surface area contributed by atoms with Crippen LogP contribution in [-0.2, 0) is 27.1 Å². The molecule has 0 radical (unpaired) electrons. The summed E-state index contributed by atoms with van der Waals surface area (Å²) in [6.07, 6.45) is 2.11. The standard InChI is InChI=1S/C32H41N3O3/c1-21(2)26-19-36-30(34-26)32(5,31-35-27(20-37-31)22(3)4)18-29-33-25(16-23-12-8-6-9-13-23)28(38-29)17-24-14-10-7-11-15-24/h6-15,21-22,25-28H,16-20H2,1-5H3/t25-,26+,27+,28+/m0/s1. The van der Waals surface area contributed by atoms with E-state index in [9.17, 15) is 0 Å². The largest absolute Gasteiger partial charge is 0.478 e. The molecule has 0 aromatic heterocycles. The van der Waals surface area contributed by atoms with Gasteiger partial charge >= 0.3 is 0 Å². The van der Waals surface area contributed by atoms with E-state index in [1.807, 2.05) is 6.07 Å². The molecule has 38 heavy (non-hydrogen) atoms. The van der Waals surface area contributed by atoms with E-state index in [0.29, 0.717) is 43.3 Å². The van der Waals surface area contributed by atoms with Crippen molar-refractivity contribution in [1.82, 2.24) is 0 Å². The second-order valence-electron chi connectivity index (χ2n) is 11.7. The minimum Gasteiger partial charge on any atom is -0.478 e. The van der Waals surface area contributed by atoms with E-state index in [1.54, 1.807) is 0 Å². The second-order valence-corrected chi connectivity index (χ2v) is 11.7. The molecule has 0 aliphatic carbocycles. The van der Waals surface area contributed by atoms with Gasteiger partial charge in [-0.15, -0.1) is 0 Å². The molecule has 6 heteroatoms. The van der Waals surface area contributed by atoms with Gasteiger partial charge in [0.05, 0.1) is 18.1 Å². The first-order valence-electron chi connectivity index (χ1n) is 14.0. The van der Waals surface area contributed by atoms with E-state index in [2.05, 4.69) is 89.2 Å². The Balaban J connectivity index is 1.44. The van der Waals surface area contributed by atoms with Gasteiger partial charge in [0, 0.05) is 12.8 Å². The fraction of sp³-hybridized carbons (Fsp3) is 0.531. The molecule has 3 aliphatic rings. The van der Waals surface area contributed by atoms with Crippen LogP contribution in [0, 0.1) is 17.3 Å². The van der Waals surface area contributed by atoms with E-state index >= 15 is 0 Å². The SMILES string of the molecule is CC(C)[C@H]1COC(C(C)(CC2=N[C@@H](Cc3ccccc3)[C@@H](Cc3ccccc3)O2)C2=N[C@@H](C(C)C)CO2)=N1. The highest BCUT2D eigenvalue weighted by Gasteiger charge is 2.48. The lowest BCUT2D eigenvalue weighted by atomic mass is 9.85. The number of nitrogens with zero attached hydrogens (tertiary/aromatic N) is 3. The molecule has 0 amide bonds. The van der Waals surface area contributed by atoms with E-state index in [-0.39, 0.29) is 24.2 Å². The number of rotatable bonds is 10.